The van der Waals surface area contributed by atoms with Gasteiger partial charge in [0.15, 0.2) is 0 Å². The number of fused-ring (bicyclic) bond motifs is 1. The third kappa shape index (κ3) is 4.21. The van der Waals surface area contributed by atoms with Crippen molar-refractivity contribution in [2.45, 2.75) is 17.9 Å². The monoisotopic (exact) mass is 414 g/mol. The molecule has 0 saturated heterocycles. The second-order valence-corrected chi connectivity index (χ2v) is 8.28. The van der Waals surface area contributed by atoms with E-state index in [1.807, 2.05) is 6.07 Å². The van der Waals surface area contributed by atoms with Crippen molar-refractivity contribution in [2.24, 2.45) is 0 Å². The Bertz CT molecular complexity index is 1240. The van der Waals surface area contributed by atoms with E-state index in [1.165, 1.54) is 37.7 Å². The molecule has 0 aliphatic carbocycles. The Kier molecular flexibility index (Phi) is 5.81. The van der Waals surface area contributed by atoms with Crippen LogP contribution in [0.25, 0.3) is 10.9 Å². The van der Waals surface area contributed by atoms with E-state index in [0.29, 0.717) is 11.3 Å². The summed E-state index contributed by atoms with van der Waals surface area (Å²) < 4.78 is 31.5. The molecule has 0 saturated carbocycles. The van der Waals surface area contributed by atoms with E-state index in [-0.39, 0.29) is 35.4 Å². The number of amides is 1. The summed E-state index contributed by atoms with van der Waals surface area (Å²) in [5, 5.41) is 11.3. The van der Waals surface area contributed by atoms with E-state index >= 15 is 0 Å². The van der Waals surface area contributed by atoms with Crippen LogP contribution in [0.4, 0.5) is 0 Å². The summed E-state index contributed by atoms with van der Waals surface area (Å²) in [6, 6.07) is 9.32. The smallest absolute Gasteiger partial charge is 0.257 e. The first-order chi connectivity index (χ1) is 13.8. The van der Waals surface area contributed by atoms with Crippen molar-refractivity contribution in [3.8, 4) is 6.07 Å². The molecule has 0 aliphatic heterocycles. The molecule has 0 atom stereocenters. The van der Waals surface area contributed by atoms with E-state index < -0.39 is 21.4 Å². The fourth-order valence-corrected chi connectivity index (χ4v) is 3.91. The minimum Gasteiger partial charge on any atom is -0.467 e. The van der Waals surface area contributed by atoms with E-state index in [9.17, 15) is 18.0 Å². The first-order valence-corrected chi connectivity index (χ1v) is 10.1. The van der Waals surface area contributed by atoms with Gasteiger partial charge in [-0.15, -0.1) is 0 Å². The van der Waals surface area contributed by atoms with Gasteiger partial charge in [-0.3, -0.25) is 9.59 Å². The Hall–Kier alpha value is -3.42. The van der Waals surface area contributed by atoms with Gasteiger partial charge in [0.2, 0.25) is 15.5 Å². The zero-order chi connectivity index (χ0) is 21.0. The Labute approximate surface area is 166 Å². The number of carbonyl (C=O) groups excluding carboxylic acids is 1. The summed E-state index contributed by atoms with van der Waals surface area (Å²) >= 11 is 0. The van der Waals surface area contributed by atoms with Gasteiger partial charge < -0.3 is 14.7 Å². The van der Waals surface area contributed by atoms with Gasteiger partial charge in [0.05, 0.1) is 23.8 Å². The first-order valence-electron chi connectivity index (χ1n) is 8.64. The molecular formula is C19H18N4O5S. The van der Waals surface area contributed by atoms with E-state index in [4.69, 9.17) is 9.68 Å². The molecule has 150 valence electrons. The molecule has 2 aromatic heterocycles. The minimum atomic E-state index is -3.88. The van der Waals surface area contributed by atoms with Crippen LogP contribution < -0.4 is 10.7 Å². The van der Waals surface area contributed by atoms with Crippen LogP contribution in [0.1, 0.15) is 22.5 Å². The number of rotatable bonds is 7. The number of pyridine rings is 1. The average molecular weight is 414 g/mol. The largest absolute Gasteiger partial charge is 0.467 e. The van der Waals surface area contributed by atoms with Crippen LogP contribution in [-0.4, -0.2) is 37.2 Å². The molecule has 0 spiro atoms. The average Bonchev–Trinajstić information content (AvgIpc) is 3.24. The number of hydrogen-bond acceptors (Lipinski definition) is 6. The molecule has 2 heterocycles. The topological polar surface area (TPSA) is 136 Å². The van der Waals surface area contributed by atoms with Crippen LogP contribution in [0, 0.1) is 11.3 Å². The van der Waals surface area contributed by atoms with Gasteiger partial charge in [-0.2, -0.15) is 9.57 Å². The maximum absolute atomic E-state index is 12.8. The normalized spacial score (nSPS) is 11.5. The van der Waals surface area contributed by atoms with Gasteiger partial charge in [-0.1, -0.05) is 0 Å². The summed E-state index contributed by atoms with van der Waals surface area (Å²) in [7, 11) is -2.52. The highest BCUT2D eigenvalue weighted by Gasteiger charge is 2.22. The predicted molar refractivity (Wildman–Crippen MR) is 104 cm³/mol. The molecular weight excluding hydrogens is 396 g/mol. The van der Waals surface area contributed by atoms with Crippen LogP contribution in [-0.2, 0) is 16.6 Å². The molecule has 9 nitrogen and oxygen atoms in total. The number of nitrogens with zero attached hydrogens (tertiary/aromatic N) is 2. The van der Waals surface area contributed by atoms with Crippen LogP contribution in [0.2, 0.25) is 0 Å². The molecule has 3 rings (SSSR count). The predicted octanol–water partition coefficient (Wildman–Crippen LogP) is 1.59. The quantitative estimate of drug-likeness (QED) is 0.602. The van der Waals surface area contributed by atoms with Crippen LogP contribution in [0.3, 0.4) is 0 Å². The van der Waals surface area contributed by atoms with Crippen molar-refractivity contribution in [1.82, 2.24) is 14.6 Å². The van der Waals surface area contributed by atoms with Crippen LogP contribution >= 0.6 is 0 Å². The lowest BCUT2D eigenvalue weighted by molar-refractivity contribution is 0.0947. The van der Waals surface area contributed by atoms with Gasteiger partial charge in [-0.05, 0) is 30.3 Å². The first kappa shape index (κ1) is 20.3. The van der Waals surface area contributed by atoms with E-state index in [1.54, 1.807) is 12.1 Å². The van der Waals surface area contributed by atoms with Crippen molar-refractivity contribution in [3.05, 3.63) is 64.3 Å². The van der Waals surface area contributed by atoms with Crippen molar-refractivity contribution in [2.75, 3.05) is 13.6 Å². The standard InChI is InChI=1S/C19H18N4O5S/c1-23(8-3-7-20)29(26,27)14-5-6-17-15(10-14)18(24)16(12-21-17)19(25)22-11-13-4-2-9-28-13/h2,4-6,9-10,12H,3,8,11H2,1H3,(H,21,24)(H,22,25). The van der Waals surface area contributed by atoms with Gasteiger partial charge in [0.1, 0.15) is 11.3 Å². The molecule has 0 radical (unpaired) electrons. The number of nitriles is 1. The minimum absolute atomic E-state index is 0.0302. The number of H-pyrrole nitrogens is 1. The number of aromatic nitrogens is 1. The third-order valence-electron chi connectivity index (χ3n) is 4.35. The number of sulfonamides is 1. The molecule has 10 heteroatoms. The molecule has 1 amide bonds. The van der Waals surface area contributed by atoms with Gasteiger partial charge in [0, 0.05) is 37.1 Å². The molecule has 3 aromatic rings. The maximum atomic E-state index is 12.8. The highest BCUT2D eigenvalue weighted by molar-refractivity contribution is 7.89. The Balaban J connectivity index is 1.93. The number of benzene rings is 1. The fraction of sp³-hybridized carbons (Fsp3) is 0.211. The molecule has 2 N–H and O–H groups in total. The molecule has 0 aliphatic rings. The molecule has 0 fully saturated rings. The highest BCUT2D eigenvalue weighted by atomic mass is 32.2. The highest BCUT2D eigenvalue weighted by Crippen LogP contribution is 2.19. The lowest BCUT2D eigenvalue weighted by atomic mass is 10.1. The van der Waals surface area contributed by atoms with Crippen molar-refractivity contribution >= 4 is 26.8 Å². The molecule has 29 heavy (non-hydrogen) atoms. The lowest BCUT2D eigenvalue weighted by Gasteiger charge is -2.16. The number of furan rings is 1. The van der Waals surface area contributed by atoms with Gasteiger partial charge in [0.25, 0.3) is 5.91 Å². The second-order valence-electron chi connectivity index (χ2n) is 6.24. The summed E-state index contributed by atoms with van der Waals surface area (Å²) in [6.07, 6.45) is 2.80. The molecule has 0 unspecified atom stereocenters. The summed E-state index contributed by atoms with van der Waals surface area (Å²) in [4.78, 5) is 27.9. The molecule has 0 bridgehead atoms. The third-order valence-corrected chi connectivity index (χ3v) is 6.20. The summed E-state index contributed by atoms with van der Waals surface area (Å²) in [5.74, 6) is -0.0756. The SMILES string of the molecule is CN(CCC#N)S(=O)(=O)c1ccc2[nH]cc(C(=O)NCc3ccco3)c(=O)c2c1. The zero-order valence-electron chi connectivity index (χ0n) is 15.5. The Morgan fingerprint density at radius 1 is 1.34 bits per heavy atom. The van der Waals surface area contributed by atoms with Gasteiger partial charge in [-0.25, -0.2) is 8.42 Å². The van der Waals surface area contributed by atoms with Gasteiger partial charge >= 0.3 is 0 Å². The Morgan fingerprint density at radius 3 is 2.83 bits per heavy atom. The van der Waals surface area contributed by atoms with Crippen LogP contribution in [0.15, 0.2) is 56.9 Å². The molecule has 1 aromatic carbocycles. The summed E-state index contributed by atoms with van der Waals surface area (Å²) in [5.41, 5.74) is -0.333. The number of carbonyl (C=O) groups is 1. The Morgan fingerprint density at radius 2 is 2.14 bits per heavy atom. The number of aromatic amines is 1. The fourth-order valence-electron chi connectivity index (χ4n) is 2.71. The zero-order valence-corrected chi connectivity index (χ0v) is 16.3. The summed E-state index contributed by atoms with van der Waals surface area (Å²) in [6.45, 7) is 0.143. The number of nitrogens with one attached hydrogen (secondary N) is 2. The van der Waals surface area contributed by atoms with Crippen molar-refractivity contribution in [3.63, 3.8) is 0 Å². The van der Waals surface area contributed by atoms with Crippen molar-refractivity contribution < 1.29 is 17.6 Å². The van der Waals surface area contributed by atoms with E-state index in [2.05, 4.69) is 10.3 Å². The lowest BCUT2D eigenvalue weighted by Crippen LogP contribution is -2.29. The van der Waals surface area contributed by atoms with Crippen LogP contribution in [0.5, 0.6) is 0 Å². The maximum Gasteiger partial charge on any atom is 0.257 e. The van der Waals surface area contributed by atoms with Crippen molar-refractivity contribution in [1.29, 1.82) is 5.26 Å². The number of hydrogen-bond donors (Lipinski definition) is 2. The second kappa shape index (κ2) is 8.30. The van der Waals surface area contributed by atoms with E-state index in [0.717, 1.165) is 4.31 Å².